The van der Waals surface area contributed by atoms with Crippen molar-refractivity contribution < 1.29 is 40.4 Å². The van der Waals surface area contributed by atoms with E-state index in [1.54, 1.807) is 0 Å². The molecule has 0 atom stereocenters. The predicted molar refractivity (Wildman–Crippen MR) is 30.6 cm³/mol. The van der Waals surface area contributed by atoms with Crippen LogP contribution in [0.15, 0.2) is 0 Å². The second-order valence-electron chi connectivity index (χ2n) is 2.19. The second kappa shape index (κ2) is 3.86. The normalized spacial score (nSPS) is 13.5. The lowest BCUT2D eigenvalue weighted by Gasteiger charge is -2.27. The van der Waals surface area contributed by atoms with Crippen LogP contribution >= 0.6 is 0 Å². The Morgan fingerprint density at radius 3 is 1.73 bits per heavy atom. The molecule has 1 N–H and O–H groups in total. The molecule has 0 radical (unpaired) electrons. The number of alkyl halides is 7. The third-order valence-corrected chi connectivity index (χ3v) is 1.09. The fraction of sp³-hybridized carbons (Fsp3) is 0.750. The van der Waals surface area contributed by atoms with Gasteiger partial charge in [0.1, 0.15) is 0 Å². The van der Waals surface area contributed by atoms with Crippen LogP contribution in [0.2, 0.25) is 0 Å². The van der Waals surface area contributed by atoms with E-state index in [9.17, 15) is 30.7 Å². The summed E-state index contributed by atoms with van der Waals surface area (Å²) in [7, 11) is -3.09. The third kappa shape index (κ3) is 2.72. The molecule has 11 heteroatoms. The Morgan fingerprint density at radius 1 is 1.07 bits per heavy atom. The van der Waals surface area contributed by atoms with Crippen molar-refractivity contribution in [3.05, 3.63) is 0 Å². The molecular formula is C4HBF7NO2. The van der Waals surface area contributed by atoms with E-state index in [-0.39, 0.29) is 0 Å². The molecule has 0 rings (SSSR count). The highest BCUT2D eigenvalue weighted by atomic mass is 19.4. The third-order valence-electron chi connectivity index (χ3n) is 1.09. The average molecular weight is 239 g/mol. The van der Waals surface area contributed by atoms with Crippen molar-refractivity contribution in [2.24, 2.45) is 0 Å². The molecule has 0 bridgehead atoms. The molecule has 0 fully saturated rings. The van der Waals surface area contributed by atoms with Gasteiger partial charge >= 0.3 is 25.3 Å². The Hall–Kier alpha value is -1.02. The minimum absolute atomic E-state index is 0.497. The molecule has 0 amide bonds. The van der Waals surface area contributed by atoms with Crippen molar-refractivity contribution in [1.29, 1.82) is 5.26 Å². The summed E-state index contributed by atoms with van der Waals surface area (Å²) in [5, 5.41) is 15.7. The first-order chi connectivity index (χ1) is 6.45. The average Bonchev–Trinajstić information content (AvgIpc) is 2.00. The Labute approximate surface area is 78.2 Å². The van der Waals surface area contributed by atoms with Crippen LogP contribution in [0.4, 0.5) is 30.7 Å². The van der Waals surface area contributed by atoms with E-state index >= 15 is 0 Å². The Kier molecular flexibility index (Phi) is 3.60. The first-order valence-electron chi connectivity index (χ1n) is 3.03. The zero-order valence-electron chi connectivity index (χ0n) is 6.53. The topological polar surface area (TPSA) is 53.2 Å². The molecule has 0 aliphatic carbocycles. The quantitative estimate of drug-likeness (QED) is 0.597. The van der Waals surface area contributed by atoms with Crippen molar-refractivity contribution >= 4 is 7.12 Å². The summed E-state index contributed by atoms with van der Waals surface area (Å²) in [5.41, 5.74) is 0. The van der Waals surface area contributed by atoms with Gasteiger partial charge in [-0.25, -0.2) is 5.26 Å². The van der Waals surface area contributed by atoms with Crippen molar-refractivity contribution in [3.8, 4) is 5.97 Å². The maximum atomic E-state index is 12.1. The van der Waals surface area contributed by atoms with Crippen LogP contribution < -0.4 is 0 Å². The molecule has 15 heavy (non-hydrogen) atoms. The van der Waals surface area contributed by atoms with Gasteiger partial charge in [-0.1, -0.05) is 0 Å². The van der Waals surface area contributed by atoms with E-state index in [4.69, 9.17) is 10.3 Å². The molecule has 0 heterocycles. The SMILES string of the molecule is N#CB(O)OC(F)(F)C(F)(F)C(F)(F)F. The fourth-order valence-corrected chi connectivity index (χ4v) is 0.406. The van der Waals surface area contributed by atoms with Gasteiger partial charge in [0, 0.05) is 0 Å². The van der Waals surface area contributed by atoms with Gasteiger partial charge in [0.25, 0.3) is 0 Å². The number of halogens is 7. The van der Waals surface area contributed by atoms with Crippen LogP contribution in [0.5, 0.6) is 0 Å². The van der Waals surface area contributed by atoms with Crippen LogP contribution in [-0.4, -0.2) is 30.3 Å². The van der Waals surface area contributed by atoms with Crippen molar-refractivity contribution in [1.82, 2.24) is 0 Å². The number of hydrogen-bond acceptors (Lipinski definition) is 3. The van der Waals surface area contributed by atoms with Crippen LogP contribution in [0.25, 0.3) is 0 Å². The summed E-state index contributed by atoms with van der Waals surface area (Å²) < 4.78 is 85.0. The van der Waals surface area contributed by atoms with Gasteiger partial charge in [0.05, 0.1) is 5.97 Å². The van der Waals surface area contributed by atoms with Crippen LogP contribution in [0, 0.1) is 11.2 Å². The van der Waals surface area contributed by atoms with Gasteiger partial charge in [0.2, 0.25) is 0 Å². The Bertz CT molecular complexity index is 271. The Morgan fingerprint density at radius 2 is 1.47 bits per heavy atom. The van der Waals surface area contributed by atoms with E-state index < -0.39 is 25.3 Å². The zero-order chi connectivity index (χ0) is 12.5. The highest BCUT2D eigenvalue weighted by molar-refractivity contribution is 6.52. The Balaban J connectivity index is 4.95. The van der Waals surface area contributed by atoms with Gasteiger partial charge < -0.3 is 9.68 Å². The molecule has 0 aliphatic heterocycles. The standard InChI is InChI=1S/C4HBF7NO2/c6-2(7,3(8,9)10)4(11,12)15-5(14)1-13/h14H. The summed E-state index contributed by atoms with van der Waals surface area (Å²) in [4.78, 5) is 0. The maximum absolute atomic E-state index is 12.1. The lowest BCUT2D eigenvalue weighted by atomic mass is 9.95. The van der Waals surface area contributed by atoms with Crippen molar-refractivity contribution in [2.45, 2.75) is 18.2 Å². The van der Waals surface area contributed by atoms with Gasteiger partial charge in [-0.2, -0.15) is 30.7 Å². The highest BCUT2D eigenvalue weighted by Gasteiger charge is 2.75. The van der Waals surface area contributed by atoms with E-state index in [1.165, 1.54) is 0 Å². The molecule has 0 aromatic rings. The lowest BCUT2D eigenvalue weighted by molar-refractivity contribution is -0.406. The fourth-order valence-electron chi connectivity index (χ4n) is 0.406. The zero-order valence-corrected chi connectivity index (χ0v) is 6.53. The molecule has 0 aromatic heterocycles. The number of nitriles is 1. The van der Waals surface area contributed by atoms with Crippen LogP contribution in [-0.2, 0) is 4.65 Å². The van der Waals surface area contributed by atoms with Crippen LogP contribution in [0.3, 0.4) is 0 Å². The summed E-state index contributed by atoms with van der Waals surface area (Å²) in [6.45, 7) is 0. The first-order valence-corrected chi connectivity index (χ1v) is 3.03. The summed E-state index contributed by atoms with van der Waals surface area (Å²) in [6, 6.07) is 0. The van der Waals surface area contributed by atoms with Gasteiger partial charge in [-0.05, 0) is 0 Å². The van der Waals surface area contributed by atoms with Gasteiger partial charge in [0.15, 0.2) is 0 Å². The monoisotopic (exact) mass is 239 g/mol. The molecule has 0 aliphatic rings. The summed E-state index contributed by atoms with van der Waals surface area (Å²) >= 11 is 0. The molecule has 86 valence electrons. The minimum Gasteiger partial charge on any atom is -0.415 e. The van der Waals surface area contributed by atoms with E-state index in [2.05, 4.69) is 4.65 Å². The molecule has 0 unspecified atom stereocenters. The summed E-state index contributed by atoms with van der Waals surface area (Å²) in [5.74, 6) is -6.00. The molecule has 0 saturated carbocycles. The molecule has 0 spiro atoms. The van der Waals surface area contributed by atoms with Gasteiger partial charge in [-0.15, -0.1) is 0 Å². The van der Waals surface area contributed by atoms with E-state index in [0.717, 1.165) is 0 Å². The molecular weight excluding hydrogens is 238 g/mol. The minimum atomic E-state index is -6.56. The molecule has 3 nitrogen and oxygen atoms in total. The molecule has 0 aromatic carbocycles. The van der Waals surface area contributed by atoms with Gasteiger partial charge in [-0.3, -0.25) is 0 Å². The van der Waals surface area contributed by atoms with Crippen LogP contribution in [0.1, 0.15) is 0 Å². The first kappa shape index (κ1) is 14.0. The smallest absolute Gasteiger partial charge is 0.415 e. The maximum Gasteiger partial charge on any atom is 0.580 e. The van der Waals surface area contributed by atoms with Crippen molar-refractivity contribution in [3.63, 3.8) is 0 Å². The number of rotatable bonds is 3. The lowest BCUT2D eigenvalue weighted by Crippen LogP contribution is -2.55. The number of hydrogen-bond donors (Lipinski definition) is 1. The number of nitrogens with zero attached hydrogens (tertiary/aromatic N) is 1. The van der Waals surface area contributed by atoms with Crippen molar-refractivity contribution in [2.75, 3.05) is 0 Å². The highest BCUT2D eigenvalue weighted by Crippen LogP contribution is 2.46. The summed E-state index contributed by atoms with van der Waals surface area (Å²) in [6.07, 6.45) is -12.6. The second-order valence-corrected chi connectivity index (χ2v) is 2.19. The predicted octanol–water partition coefficient (Wildman–Crippen LogP) is 1.34. The molecule has 0 saturated heterocycles. The van der Waals surface area contributed by atoms with E-state index in [1.807, 2.05) is 0 Å². The van der Waals surface area contributed by atoms with E-state index in [0.29, 0.717) is 5.97 Å². The largest absolute Gasteiger partial charge is 0.580 e.